The van der Waals surface area contributed by atoms with Gasteiger partial charge in [-0.3, -0.25) is 9.59 Å². The molecule has 1 atom stereocenters. The van der Waals surface area contributed by atoms with Crippen LogP contribution in [-0.4, -0.2) is 26.8 Å². The molecular weight excluding hydrogens is 366 g/mol. The van der Waals surface area contributed by atoms with Crippen LogP contribution in [0, 0.1) is 13.8 Å². The third-order valence-electron chi connectivity index (χ3n) is 3.37. The number of nitrogens with one attached hydrogen (secondary N) is 1. The average Bonchev–Trinajstić information content (AvgIpc) is 2.79. The number of hydrogen-bond acceptors (Lipinski definition) is 4. The summed E-state index contributed by atoms with van der Waals surface area (Å²) in [6.45, 7) is 3.67. The van der Waals surface area contributed by atoms with E-state index in [9.17, 15) is 9.59 Å². The van der Waals surface area contributed by atoms with Crippen LogP contribution in [0.3, 0.4) is 0 Å². The summed E-state index contributed by atoms with van der Waals surface area (Å²) in [7, 11) is 0. The number of fused-ring (bicyclic) bond motifs is 1. The second-order valence-corrected chi connectivity index (χ2v) is 7.33. The molecule has 1 N–H and O–H groups in total. The molecule has 0 spiro atoms. The first-order valence-corrected chi connectivity index (χ1v) is 8.45. The Morgan fingerprint density at radius 1 is 1.41 bits per heavy atom. The Labute approximate surface area is 140 Å². The molecule has 2 heterocycles. The molecule has 1 aromatic heterocycles. The summed E-state index contributed by atoms with van der Waals surface area (Å²) in [4.78, 5) is 25.5. The number of benzene rings is 1. The largest absolute Gasteiger partial charge is 0.324 e. The molecule has 1 amide bonds. The highest BCUT2D eigenvalue weighted by atomic mass is 79.9. The molecule has 5 nitrogen and oxygen atoms in total. The molecule has 3 rings (SSSR count). The van der Waals surface area contributed by atoms with Gasteiger partial charge in [-0.25, -0.2) is 4.68 Å². The van der Waals surface area contributed by atoms with E-state index in [1.807, 2.05) is 38.1 Å². The number of hydrogen-bond donors (Lipinski definition) is 1. The van der Waals surface area contributed by atoms with E-state index >= 15 is 0 Å². The van der Waals surface area contributed by atoms with E-state index in [2.05, 4.69) is 26.3 Å². The topological polar surface area (TPSA) is 64.0 Å². The Hall–Kier alpha value is -1.60. The standard InChI is InChI=1S/C15H14BrN3O2S/c1-8-5-9(2)19(18-8)14(20)7-13-15(21)17-11-4-3-10(16)6-12(11)22-13/h3-6,13H,7H2,1-2H3,(H,17,21). The van der Waals surface area contributed by atoms with Crippen LogP contribution in [0.1, 0.15) is 22.6 Å². The minimum absolute atomic E-state index is 0.115. The van der Waals surface area contributed by atoms with E-state index in [4.69, 9.17) is 0 Å². The summed E-state index contributed by atoms with van der Waals surface area (Å²) in [5.41, 5.74) is 2.36. The van der Waals surface area contributed by atoms with Crippen molar-refractivity contribution in [1.82, 2.24) is 9.78 Å². The lowest BCUT2D eigenvalue weighted by Gasteiger charge is -2.23. The maximum atomic E-state index is 12.4. The number of thioether (sulfide) groups is 1. The highest BCUT2D eigenvalue weighted by Crippen LogP contribution is 2.38. The Bertz CT molecular complexity index is 772. The third kappa shape index (κ3) is 2.96. The second kappa shape index (κ2) is 5.89. The predicted octanol–water partition coefficient (Wildman–Crippen LogP) is 3.41. The number of carbonyl (C=O) groups excluding carboxylic acids is 2. The molecule has 22 heavy (non-hydrogen) atoms. The highest BCUT2D eigenvalue weighted by Gasteiger charge is 2.30. The van der Waals surface area contributed by atoms with E-state index in [-0.39, 0.29) is 18.2 Å². The number of amides is 1. The normalized spacial score (nSPS) is 17.0. The molecule has 0 fully saturated rings. The molecule has 0 saturated heterocycles. The van der Waals surface area contributed by atoms with E-state index < -0.39 is 5.25 Å². The monoisotopic (exact) mass is 379 g/mol. The molecular formula is C15H14BrN3O2S. The van der Waals surface area contributed by atoms with Crippen LogP contribution in [0.4, 0.5) is 5.69 Å². The summed E-state index contributed by atoms with van der Waals surface area (Å²) >= 11 is 4.83. The van der Waals surface area contributed by atoms with Gasteiger partial charge in [0.2, 0.25) is 11.8 Å². The number of rotatable bonds is 2. The zero-order valence-corrected chi connectivity index (χ0v) is 14.5. The lowest BCUT2D eigenvalue weighted by atomic mass is 10.2. The van der Waals surface area contributed by atoms with E-state index in [0.29, 0.717) is 0 Å². The van der Waals surface area contributed by atoms with Crippen LogP contribution in [0.2, 0.25) is 0 Å². The average molecular weight is 380 g/mol. The van der Waals surface area contributed by atoms with Gasteiger partial charge in [0.1, 0.15) is 0 Å². The number of nitrogens with zero attached hydrogens (tertiary/aromatic N) is 2. The first kappa shape index (κ1) is 15.3. The van der Waals surface area contributed by atoms with Crippen LogP contribution in [-0.2, 0) is 4.79 Å². The van der Waals surface area contributed by atoms with Gasteiger partial charge in [0.25, 0.3) is 0 Å². The number of aryl methyl sites for hydroxylation is 2. The van der Waals surface area contributed by atoms with Gasteiger partial charge >= 0.3 is 0 Å². The van der Waals surface area contributed by atoms with Crippen molar-refractivity contribution in [2.45, 2.75) is 30.4 Å². The zero-order valence-electron chi connectivity index (χ0n) is 12.1. The maximum absolute atomic E-state index is 12.4. The van der Waals surface area contributed by atoms with E-state index in [1.54, 1.807) is 0 Å². The predicted molar refractivity (Wildman–Crippen MR) is 89.4 cm³/mol. The van der Waals surface area contributed by atoms with Crippen molar-refractivity contribution in [3.05, 3.63) is 40.1 Å². The summed E-state index contributed by atoms with van der Waals surface area (Å²) in [6, 6.07) is 7.52. The van der Waals surface area contributed by atoms with Gasteiger partial charge in [-0.05, 0) is 38.1 Å². The van der Waals surface area contributed by atoms with Gasteiger partial charge in [-0.2, -0.15) is 5.10 Å². The van der Waals surface area contributed by atoms with Crippen LogP contribution >= 0.6 is 27.7 Å². The van der Waals surface area contributed by atoms with Crippen LogP contribution in [0.5, 0.6) is 0 Å². The molecule has 0 saturated carbocycles. The number of halogens is 1. The third-order valence-corrected chi connectivity index (χ3v) is 5.12. The fraction of sp³-hybridized carbons (Fsp3) is 0.267. The number of carbonyl (C=O) groups is 2. The van der Waals surface area contributed by atoms with Crippen molar-refractivity contribution in [3.63, 3.8) is 0 Å². The van der Waals surface area contributed by atoms with Crippen molar-refractivity contribution >= 4 is 45.2 Å². The fourth-order valence-electron chi connectivity index (χ4n) is 2.38. The minimum Gasteiger partial charge on any atom is -0.324 e. The Balaban J connectivity index is 1.80. The van der Waals surface area contributed by atoms with Gasteiger partial charge in [-0.15, -0.1) is 11.8 Å². The smallest absolute Gasteiger partial charge is 0.248 e. The Morgan fingerprint density at radius 2 is 2.18 bits per heavy atom. The first-order valence-electron chi connectivity index (χ1n) is 6.77. The quantitative estimate of drug-likeness (QED) is 0.868. The molecule has 1 aliphatic heterocycles. The number of anilines is 1. The van der Waals surface area contributed by atoms with Crippen molar-refractivity contribution in [1.29, 1.82) is 0 Å². The van der Waals surface area contributed by atoms with Crippen molar-refractivity contribution in [2.24, 2.45) is 0 Å². The Kier molecular flexibility index (Phi) is 4.10. The summed E-state index contributed by atoms with van der Waals surface area (Å²) in [5, 5.41) is 6.58. The molecule has 7 heteroatoms. The van der Waals surface area contributed by atoms with Crippen molar-refractivity contribution in [3.8, 4) is 0 Å². The molecule has 0 aliphatic carbocycles. The SMILES string of the molecule is Cc1cc(C)n(C(=O)CC2Sc3cc(Br)ccc3NC2=O)n1. The van der Waals surface area contributed by atoms with E-state index in [1.165, 1.54) is 16.4 Å². The minimum atomic E-state index is -0.446. The Morgan fingerprint density at radius 3 is 2.86 bits per heavy atom. The van der Waals surface area contributed by atoms with Crippen LogP contribution in [0.15, 0.2) is 33.6 Å². The maximum Gasteiger partial charge on any atom is 0.248 e. The molecule has 1 aromatic carbocycles. The second-order valence-electron chi connectivity index (χ2n) is 5.17. The highest BCUT2D eigenvalue weighted by molar-refractivity contribution is 9.10. The molecule has 0 bridgehead atoms. The molecule has 114 valence electrons. The zero-order chi connectivity index (χ0) is 15.9. The van der Waals surface area contributed by atoms with Crippen molar-refractivity contribution < 1.29 is 9.59 Å². The molecule has 1 unspecified atom stereocenters. The van der Waals surface area contributed by atoms with Crippen molar-refractivity contribution in [2.75, 3.05) is 5.32 Å². The summed E-state index contributed by atoms with van der Waals surface area (Å²) in [6.07, 6.45) is 0.115. The summed E-state index contributed by atoms with van der Waals surface area (Å²) in [5.74, 6) is -0.314. The van der Waals surface area contributed by atoms with Crippen LogP contribution < -0.4 is 5.32 Å². The van der Waals surface area contributed by atoms with Crippen LogP contribution in [0.25, 0.3) is 0 Å². The fourth-order valence-corrected chi connectivity index (χ4v) is 4.03. The van der Waals surface area contributed by atoms with Gasteiger partial charge in [0.05, 0.1) is 23.1 Å². The van der Waals surface area contributed by atoms with Gasteiger partial charge in [-0.1, -0.05) is 15.9 Å². The molecule has 1 aliphatic rings. The van der Waals surface area contributed by atoms with Gasteiger partial charge in [0.15, 0.2) is 0 Å². The lowest BCUT2D eigenvalue weighted by molar-refractivity contribution is -0.115. The lowest BCUT2D eigenvalue weighted by Crippen LogP contribution is -2.32. The molecule has 0 radical (unpaired) electrons. The summed E-state index contributed by atoms with van der Waals surface area (Å²) < 4.78 is 2.32. The van der Waals surface area contributed by atoms with Gasteiger partial charge in [0, 0.05) is 15.1 Å². The first-order chi connectivity index (χ1) is 10.4. The van der Waals surface area contributed by atoms with Gasteiger partial charge < -0.3 is 5.32 Å². The van der Waals surface area contributed by atoms with E-state index in [0.717, 1.165) is 26.4 Å². The molecule has 2 aromatic rings. The number of aromatic nitrogens is 2.